The van der Waals surface area contributed by atoms with Gasteiger partial charge in [0.15, 0.2) is 0 Å². The molecule has 68 valence electrons. The van der Waals surface area contributed by atoms with Gasteiger partial charge in [-0.2, -0.15) is 4.98 Å². The Bertz CT molecular complexity index is 260. The highest BCUT2D eigenvalue weighted by Crippen LogP contribution is 2.22. The lowest BCUT2D eigenvalue weighted by molar-refractivity contribution is -0.0221. The van der Waals surface area contributed by atoms with Gasteiger partial charge in [0.25, 0.3) is 0 Å². The second-order valence-electron chi connectivity index (χ2n) is 2.81. The predicted octanol–water partition coefficient (Wildman–Crippen LogP) is 1.99. The number of rotatable bonds is 3. The Morgan fingerprint density at radius 1 is 1.58 bits per heavy atom. The fourth-order valence-electron chi connectivity index (χ4n) is 0.875. The van der Waals surface area contributed by atoms with Crippen LogP contribution in [0.1, 0.15) is 26.6 Å². The predicted molar refractivity (Wildman–Crippen MR) is 44.0 cm³/mol. The highest BCUT2D eigenvalue weighted by Gasteiger charge is 2.26. The molecule has 1 aromatic heterocycles. The average Bonchev–Trinajstić information content (AvgIpc) is 2.36. The molecule has 4 nitrogen and oxygen atoms in total. The third kappa shape index (κ3) is 1.95. The first-order valence-corrected chi connectivity index (χ1v) is 4.07. The second-order valence-corrected chi connectivity index (χ2v) is 3.14. The zero-order chi connectivity index (χ0) is 9.19. The zero-order valence-electron chi connectivity index (χ0n) is 7.30. The molecule has 0 N–H and O–H groups in total. The lowest BCUT2D eigenvalue weighted by Gasteiger charge is -2.19. The highest BCUT2D eigenvalue weighted by molar-refractivity contribution is 6.27. The number of nitrogens with zero attached hydrogens (tertiary/aromatic N) is 2. The number of ether oxygens (including phenoxy) is 1. The van der Waals surface area contributed by atoms with Crippen LogP contribution in [0.3, 0.4) is 0 Å². The van der Waals surface area contributed by atoms with Crippen molar-refractivity contribution >= 4 is 11.6 Å². The van der Waals surface area contributed by atoms with Crippen LogP contribution in [0, 0.1) is 0 Å². The van der Waals surface area contributed by atoms with Gasteiger partial charge in [0.2, 0.25) is 5.82 Å². The molecular weight excluding hydrogens is 180 g/mol. The van der Waals surface area contributed by atoms with Crippen molar-refractivity contribution in [3.05, 3.63) is 11.2 Å². The van der Waals surface area contributed by atoms with E-state index in [2.05, 4.69) is 14.7 Å². The van der Waals surface area contributed by atoms with Crippen LogP contribution in [-0.2, 0) is 10.3 Å². The quantitative estimate of drug-likeness (QED) is 0.732. The summed E-state index contributed by atoms with van der Waals surface area (Å²) in [6.07, 6.45) is 0. The Hall–Kier alpha value is -0.610. The largest absolute Gasteiger partial charge is 0.368 e. The van der Waals surface area contributed by atoms with Crippen LogP contribution >= 0.6 is 11.6 Å². The molecule has 0 radical (unpaired) electrons. The van der Waals surface area contributed by atoms with E-state index in [1.807, 2.05) is 20.8 Å². The van der Waals surface area contributed by atoms with Gasteiger partial charge in [-0.1, -0.05) is 5.16 Å². The Morgan fingerprint density at radius 2 is 2.25 bits per heavy atom. The van der Waals surface area contributed by atoms with Gasteiger partial charge in [0.1, 0.15) is 5.60 Å². The number of hydrogen-bond donors (Lipinski definition) is 0. The summed E-state index contributed by atoms with van der Waals surface area (Å²) in [6.45, 7) is 6.22. The molecule has 0 saturated heterocycles. The van der Waals surface area contributed by atoms with E-state index in [-0.39, 0.29) is 5.35 Å². The fraction of sp³-hybridized carbons (Fsp3) is 0.714. The number of halogens is 1. The standard InChI is InChI=1S/C7H11ClN2O2/c1-4-11-7(2,3)5-9-6(8)12-10-5/h4H2,1-3H3. The summed E-state index contributed by atoms with van der Waals surface area (Å²) in [5, 5.41) is 3.70. The number of aromatic nitrogens is 2. The molecule has 0 aliphatic rings. The monoisotopic (exact) mass is 190 g/mol. The van der Waals surface area contributed by atoms with Gasteiger partial charge in [0, 0.05) is 6.61 Å². The van der Waals surface area contributed by atoms with Crippen LogP contribution in [-0.4, -0.2) is 16.7 Å². The van der Waals surface area contributed by atoms with E-state index < -0.39 is 5.60 Å². The molecule has 0 aromatic carbocycles. The van der Waals surface area contributed by atoms with E-state index in [1.54, 1.807) is 0 Å². The van der Waals surface area contributed by atoms with E-state index >= 15 is 0 Å². The van der Waals surface area contributed by atoms with E-state index in [1.165, 1.54) is 0 Å². The van der Waals surface area contributed by atoms with Gasteiger partial charge < -0.3 is 9.26 Å². The first kappa shape index (κ1) is 9.48. The topological polar surface area (TPSA) is 48.2 Å². The minimum atomic E-state index is -0.536. The van der Waals surface area contributed by atoms with Crippen LogP contribution in [0.2, 0.25) is 5.35 Å². The minimum Gasteiger partial charge on any atom is -0.368 e. The lowest BCUT2D eigenvalue weighted by atomic mass is 10.1. The van der Waals surface area contributed by atoms with Crippen molar-refractivity contribution < 1.29 is 9.26 Å². The van der Waals surface area contributed by atoms with Crippen LogP contribution in [0.15, 0.2) is 4.52 Å². The molecule has 0 unspecified atom stereocenters. The molecule has 1 rings (SSSR count). The first-order valence-electron chi connectivity index (χ1n) is 3.70. The molecule has 0 amide bonds. The van der Waals surface area contributed by atoms with Crippen LogP contribution in [0.25, 0.3) is 0 Å². The van der Waals surface area contributed by atoms with Crippen molar-refractivity contribution in [2.24, 2.45) is 0 Å². The molecule has 0 aliphatic carbocycles. The molecule has 1 heterocycles. The molecule has 1 aromatic rings. The van der Waals surface area contributed by atoms with E-state index in [0.717, 1.165) is 0 Å². The fourth-order valence-corrected chi connectivity index (χ4v) is 0.989. The Labute approximate surface area is 75.9 Å². The maximum Gasteiger partial charge on any atom is 0.320 e. The zero-order valence-corrected chi connectivity index (χ0v) is 8.05. The molecule has 0 bridgehead atoms. The van der Waals surface area contributed by atoms with Crippen LogP contribution in [0.5, 0.6) is 0 Å². The third-order valence-corrected chi connectivity index (χ3v) is 1.60. The van der Waals surface area contributed by atoms with Gasteiger partial charge in [-0.3, -0.25) is 0 Å². The van der Waals surface area contributed by atoms with Crippen molar-refractivity contribution in [3.8, 4) is 0 Å². The van der Waals surface area contributed by atoms with E-state index in [9.17, 15) is 0 Å². The van der Waals surface area contributed by atoms with Crippen molar-refractivity contribution in [2.45, 2.75) is 26.4 Å². The summed E-state index contributed by atoms with van der Waals surface area (Å²) >= 11 is 5.47. The van der Waals surface area contributed by atoms with Crippen molar-refractivity contribution in [1.82, 2.24) is 10.1 Å². The molecule has 0 aliphatic heterocycles. The highest BCUT2D eigenvalue weighted by atomic mass is 35.5. The molecule has 0 spiro atoms. The van der Waals surface area contributed by atoms with Crippen LogP contribution < -0.4 is 0 Å². The van der Waals surface area contributed by atoms with E-state index in [4.69, 9.17) is 16.3 Å². The van der Waals surface area contributed by atoms with Gasteiger partial charge in [0.05, 0.1) is 0 Å². The first-order chi connectivity index (χ1) is 5.56. The van der Waals surface area contributed by atoms with Crippen molar-refractivity contribution in [3.63, 3.8) is 0 Å². The molecule has 0 saturated carbocycles. The smallest absolute Gasteiger partial charge is 0.320 e. The SMILES string of the molecule is CCOC(C)(C)c1noc(Cl)n1. The van der Waals surface area contributed by atoms with Crippen LogP contribution in [0.4, 0.5) is 0 Å². The van der Waals surface area contributed by atoms with Crippen molar-refractivity contribution in [1.29, 1.82) is 0 Å². The molecular formula is C7H11ClN2O2. The Morgan fingerprint density at radius 3 is 2.67 bits per heavy atom. The normalized spacial score (nSPS) is 12.0. The van der Waals surface area contributed by atoms with E-state index in [0.29, 0.717) is 12.4 Å². The Balaban J connectivity index is 2.81. The maximum atomic E-state index is 5.47. The van der Waals surface area contributed by atoms with Gasteiger partial charge in [-0.15, -0.1) is 0 Å². The minimum absolute atomic E-state index is 0.0396. The van der Waals surface area contributed by atoms with Gasteiger partial charge in [-0.05, 0) is 32.4 Å². The lowest BCUT2D eigenvalue weighted by Crippen LogP contribution is -2.23. The summed E-state index contributed by atoms with van der Waals surface area (Å²) in [4.78, 5) is 3.86. The van der Waals surface area contributed by atoms with Gasteiger partial charge in [-0.25, -0.2) is 0 Å². The average molecular weight is 191 g/mol. The summed E-state index contributed by atoms with van der Waals surface area (Å²) in [6, 6.07) is 0. The molecule has 5 heteroatoms. The van der Waals surface area contributed by atoms with Crippen molar-refractivity contribution in [2.75, 3.05) is 6.61 Å². The molecule has 12 heavy (non-hydrogen) atoms. The second kappa shape index (κ2) is 3.41. The van der Waals surface area contributed by atoms with Gasteiger partial charge >= 0.3 is 5.35 Å². The summed E-state index contributed by atoms with van der Waals surface area (Å²) in [5.74, 6) is 0.467. The molecule has 0 atom stereocenters. The number of hydrogen-bond acceptors (Lipinski definition) is 4. The summed E-state index contributed by atoms with van der Waals surface area (Å²) < 4.78 is 10.0. The Kier molecular flexibility index (Phi) is 2.69. The summed E-state index contributed by atoms with van der Waals surface area (Å²) in [5.41, 5.74) is -0.536. The molecule has 0 fully saturated rings. The maximum absolute atomic E-state index is 5.47. The third-order valence-electron chi connectivity index (χ3n) is 1.44. The summed E-state index contributed by atoms with van der Waals surface area (Å²) in [7, 11) is 0.